The number of rotatable bonds is 4. The van der Waals surface area contributed by atoms with E-state index in [9.17, 15) is 0 Å². The van der Waals surface area contributed by atoms with Gasteiger partial charge in [0.05, 0.1) is 0 Å². The number of hydrogen-bond donors (Lipinski definition) is 2. The quantitative estimate of drug-likeness (QED) is 0.601. The van der Waals surface area contributed by atoms with E-state index in [4.69, 9.17) is 5.84 Å². The van der Waals surface area contributed by atoms with E-state index in [-0.39, 0.29) is 6.04 Å². The number of nitrogens with one attached hydrogen (secondary N) is 1. The van der Waals surface area contributed by atoms with Crippen LogP contribution in [0.25, 0.3) is 0 Å². The summed E-state index contributed by atoms with van der Waals surface area (Å²) in [6.07, 6.45) is 13.2. The molecule has 0 radical (unpaired) electrons. The van der Waals surface area contributed by atoms with Crippen molar-refractivity contribution in [1.29, 1.82) is 0 Å². The SMILES string of the molecule is NNC(CC1CCCCC1)c1cncnc1. The molecule has 1 aliphatic rings. The van der Waals surface area contributed by atoms with Gasteiger partial charge in [0.2, 0.25) is 0 Å². The van der Waals surface area contributed by atoms with Crippen molar-refractivity contribution in [3.63, 3.8) is 0 Å². The molecular weight excluding hydrogens is 200 g/mol. The minimum absolute atomic E-state index is 0.198. The molecule has 1 heterocycles. The van der Waals surface area contributed by atoms with E-state index < -0.39 is 0 Å². The summed E-state index contributed by atoms with van der Waals surface area (Å²) in [5.41, 5.74) is 3.98. The maximum Gasteiger partial charge on any atom is 0.115 e. The van der Waals surface area contributed by atoms with Gasteiger partial charge in [0.15, 0.2) is 0 Å². The second-order valence-electron chi connectivity index (χ2n) is 4.63. The zero-order valence-corrected chi connectivity index (χ0v) is 9.60. The summed E-state index contributed by atoms with van der Waals surface area (Å²) >= 11 is 0. The molecule has 4 nitrogen and oxygen atoms in total. The summed E-state index contributed by atoms with van der Waals surface area (Å²) in [6.45, 7) is 0. The Bertz CT molecular complexity index is 295. The van der Waals surface area contributed by atoms with E-state index in [2.05, 4.69) is 15.4 Å². The fourth-order valence-corrected chi connectivity index (χ4v) is 2.55. The Morgan fingerprint density at radius 2 is 1.94 bits per heavy atom. The van der Waals surface area contributed by atoms with Crippen LogP contribution in [-0.2, 0) is 0 Å². The summed E-state index contributed by atoms with van der Waals surface area (Å²) in [5.74, 6) is 6.42. The molecule has 1 aliphatic carbocycles. The van der Waals surface area contributed by atoms with Crippen molar-refractivity contribution in [2.24, 2.45) is 11.8 Å². The van der Waals surface area contributed by atoms with Crippen molar-refractivity contribution in [2.45, 2.75) is 44.6 Å². The fourth-order valence-electron chi connectivity index (χ4n) is 2.55. The topological polar surface area (TPSA) is 63.8 Å². The van der Waals surface area contributed by atoms with Crippen molar-refractivity contribution < 1.29 is 0 Å². The van der Waals surface area contributed by atoms with E-state index in [1.54, 1.807) is 6.33 Å². The van der Waals surface area contributed by atoms with Crippen LogP contribution in [-0.4, -0.2) is 9.97 Å². The number of nitrogens with two attached hydrogens (primary N) is 1. The van der Waals surface area contributed by atoms with Gasteiger partial charge < -0.3 is 0 Å². The van der Waals surface area contributed by atoms with Gasteiger partial charge in [0.1, 0.15) is 6.33 Å². The second-order valence-corrected chi connectivity index (χ2v) is 4.63. The zero-order valence-electron chi connectivity index (χ0n) is 9.60. The van der Waals surface area contributed by atoms with Gasteiger partial charge in [-0.2, -0.15) is 0 Å². The average molecular weight is 220 g/mol. The summed E-state index contributed by atoms with van der Waals surface area (Å²) in [7, 11) is 0. The van der Waals surface area contributed by atoms with Gasteiger partial charge in [-0.25, -0.2) is 9.97 Å². The van der Waals surface area contributed by atoms with Crippen LogP contribution in [0.5, 0.6) is 0 Å². The van der Waals surface area contributed by atoms with Crippen molar-refractivity contribution in [3.8, 4) is 0 Å². The van der Waals surface area contributed by atoms with Crippen molar-refractivity contribution in [1.82, 2.24) is 15.4 Å². The van der Waals surface area contributed by atoms with Gasteiger partial charge in [-0.05, 0) is 12.3 Å². The highest BCUT2D eigenvalue weighted by Crippen LogP contribution is 2.31. The lowest BCUT2D eigenvalue weighted by Gasteiger charge is -2.26. The number of hydrogen-bond acceptors (Lipinski definition) is 4. The Balaban J connectivity index is 1.94. The van der Waals surface area contributed by atoms with Crippen LogP contribution in [0.2, 0.25) is 0 Å². The lowest BCUT2D eigenvalue weighted by atomic mass is 9.84. The minimum Gasteiger partial charge on any atom is -0.271 e. The number of nitrogens with zero attached hydrogens (tertiary/aromatic N) is 2. The third-order valence-corrected chi connectivity index (χ3v) is 3.48. The molecule has 0 spiro atoms. The van der Waals surface area contributed by atoms with Crippen LogP contribution >= 0.6 is 0 Å². The third-order valence-electron chi connectivity index (χ3n) is 3.48. The van der Waals surface area contributed by atoms with Crippen LogP contribution in [0.1, 0.15) is 50.1 Å². The molecular formula is C12H20N4. The molecule has 1 saturated carbocycles. The molecule has 2 rings (SSSR count). The summed E-state index contributed by atoms with van der Waals surface area (Å²) < 4.78 is 0. The van der Waals surface area contributed by atoms with Crippen LogP contribution in [0.4, 0.5) is 0 Å². The maximum atomic E-state index is 5.62. The van der Waals surface area contributed by atoms with E-state index in [0.717, 1.165) is 17.9 Å². The molecule has 1 unspecified atom stereocenters. The van der Waals surface area contributed by atoms with E-state index >= 15 is 0 Å². The number of aromatic nitrogens is 2. The second kappa shape index (κ2) is 5.92. The normalized spacial score (nSPS) is 19.6. The Morgan fingerprint density at radius 1 is 1.25 bits per heavy atom. The van der Waals surface area contributed by atoms with Gasteiger partial charge in [-0.15, -0.1) is 0 Å². The van der Waals surface area contributed by atoms with E-state index in [1.165, 1.54) is 32.1 Å². The monoisotopic (exact) mass is 220 g/mol. The molecule has 1 aromatic rings. The highest BCUT2D eigenvalue weighted by Gasteiger charge is 2.19. The highest BCUT2D eigenvalue weighted by molar-refractivity contribution is 5.08. The van der Waals surface area contributed by atoms with Crippen molar-refractivity contribution in [2.75, 3.05) is 0 Å². The predicted octanol–water partition coefficient (Wildman–Crippen LogP) is 1.95. The first kappa shape index (κ1) is 11.5. The molecule has 4 heteroatoms. The smallest absolute Gasteiger partial charge is 0.115 e. The lowest BCUT2D eigenvalue weighted by Crippen LogP contribution is -2.30. The molecule has 88 valence electrons. The molecule has 1 fully saturated rings. The lowest BCUT2D eigenvalue weighted by molar-refractivity contribution is 0.300. The van der Waals surface area contributed by atoms with Gasteiger partial charge in [0, 0.05) is 24.0 Å². The average Bonchev–Trinajstić information content (AvgIpc) is 2.38. The first-order valence-electron chi connectivity index (χ1n) is 6.11. The first-order valence-corrected chi connectivity index (χ1v) is 6.11. The summed E-state index contributed by atoms with van der Waals surface area (Å²) in [6, 6.07) is 0.198. The Labute approximate surface area is 96.6 Å². The van der Waals surface area contributed by atoms with Gasteiger partial charge in [-0.1, -0.05) is 32.1 Å². The molecule has 0 aliphatic heterocycles. The third kappa shape index (κ3) is 3.00. The zero-order chi connectivity index (χ0) is 11.2. The maximum absolute atomic E-state index is 5.62. The number of hydrazine groups is 1. The molecule has 0 aromatic carbocycles. The summed E-state index contributed by atoms with van der Waals surface area (Å²) in [5, 5.41) is 0. The van der Waals surface area contributed by atoms with Gasteiger partial charge >= 0.3 is 0 Å². The Morgan fingerprint density at radius 3 is 2.56 bits per heavy atom. The summed E-state index contributed by atoms with van der Waals surface area (Å²) in [4.78, 5) is 8.08. The van der Waals surface area contributed by atoms with Gasteiger partial charge in [-0.3, -0.25) is 11.3 Å². The Kier molecular flexibility index (Phi) is 4.25. The molecule has 1 aromatic heterocycles. The Hall–Kier alpha value is -1.00. The van der Waals surface area contributed by atoms with Crippen molar-refractivity contribution >= 4 is 0 Å². The molecule has 0 saturated heterocycles. The molecule has 0 bridgehead atoms. The molecule has 3 N–H and O–H groups in total. The largest absolute Gasteiger partial charge is 0.271 e. The van der Waals surface area contributed by atoms with Crippen LogP contribution in [0.3, 0.4) is 0 Å². The van der Waals surface area contributed by atoms with Crippen LogP contribution in [0.15, 0.2) is 18.7 Å². The minimum atomic E-state index is 0.198. The van der Waals surface area contributed by atoms with Crippen LogP contribution in [0, 0.1) is 5.92 Å². The van der Waals surface area contributed by atoms with E-state index in [1.807, 2.05) is 12.4 Å². The van der Waals surface area contributed by atoms with Gasteiger partial charge in [0.25, 0.3) is 0 Å². The van der Waals surface area contributed by atoms with E-state index in [0.29, 0.717) is 0 Å². The first-order chi connectivity index (χ1) is 7.90. The van der Waals surface area contributed by atoms with Crippen molar-refractivity contribution in [3.05, 3.63) is 24.3 Å². The molecule has 16 heavy (non-hydrogen) atoms. The molecule has 1 atom stereocenters. The fraction of sp³-hybridized carbons (Fsp3) is 0.667. The highest BCUT2D eigenvalue weighted by atomic mass is 15.2. The standard InChI is InChI=1S/C12H20N4/c13-16-12(11-7-14-9-15-8-11)6-10-4-2-1-3-5-10/h7-10,12,16H,1-6,13H2. The predicted molar refractivity (Wildman–Crippen MR) is 63.3 cm³/mol. The van der Waals surface area contributed by atoms with Crippen LogP contribution < -0.4 is 11.3 Å². The molecule has 0 amide bonds.